The Bertz CT molecular complexity index is 1000. The molecule has 2 fully saturated rings. The van der Waals surface area contributed by atoms with Crippen molar-refractivity contribution in [1.29, 1.82) is 0 Å². The number of rotatable bonds is 10. The Kier molecular flexibility index (Phi) is 10.0. The zero-order valence-corrected chi connectivity index (χ0v) is 24.1. The molecule has 4 rings (SSSR count). The predicted octanol–water partition coefficient (Wildman–Crippen LogP) is 5.54. The number of hydrogen-bond donors (Lipinski definition) is 0. The standard InChI is InChI=1S/C31H46FN3O4/c1-34(2)29(24-9-8-10-25(32)20-24)23-15-13-22(14-16-23)19-27-31(30(37)39-4,18-17-28(36)38-3)33-21-35(27)26-11-6-5-7-12-26/h8-10,20-23,26-27,29H,5-7,11-19H2,1-4H3. The van der Waals surface area contributed by atoms with Crippen LogP contribution in [0.5, 0.6) is 0 Å². The van der Waals surface area contributed by atoms with Crippen LogP contribution in [0, 0.1) is 17.7 Å². The second kappa shape index (κ2) is 13.2. The smallest absolute Gasteiger partial charge is 0.335 e. The van der Waals surface area contributed by atoms with E-state index in [1.54, 1.807) is 12.1 Å². The zero-order chi connectivity index (χ0) is 28.0. The average Bonchev–Trinajstić information content (AvgIpc) is 3.31. The van der Waals surface area contributed by atoms with Gasteiger partial charge < -0.3 is 19.3 Å². The number of halogens is 1. The fraction of sp³-hybridized carbons (Fsp3) is 0.710. The summed E-state index contributed by atoms with van der Waals surface area (Å²) in [5, 5.41) is 0. The molecule has 1 aromatic rings. The molecular weight excluding hydrogens is 497 g/mol. The maximum atomic E-state index is 14.0. The lowest BCUT2D eigenvalue weighted by Gasteiger charge is -2.43. The summed E-state index contributed by atoms with van der Waals surface area (Å²) >= 11 is 0. The second-order valence-electron chi connectivity index (χ2n) is 12.0. The van der Waals surface area contributed by atoms with Crippen molar-refractivity contribution in [1.82, 2.24) is 9.80 Å². The van der Waals surface area contributed by atoms with Crippen LogP contribution in [0.15, 0.2) is 29.3 Å². The predicted molar refractivity (Wildman–Crippen MR) is 150 cm³/mol. The minimum atomic E-state index is -1.09. The van der Waals surface area contributed by atoms with Gasteiger partial charge in [0.15, 0.2) is 5.54 Å². The van der Waals surface area contributed by atoms with Crippen molar-refractivity contribution in [2.45, 2.75) is 101 Å². The Morgan fingerprint density at radius 3 is 2.41 bits per heavy atom. The summed E-state index contributed by atoms with van der Waals surface area (Å²) in [6.07, 6.45) is 13.2. The van der Waals surface area contributed by atoms with Crippen LogP contribution in [-0.2, 0) is 19.1 Å². The molecule has 0 amide bonds. The summed E-state index contributed by atoms with van der Waals surface area (Å²) in [5.74, 6) is -0.00827. The topological polar surface area (TPSA) is 71.4 Å². The van der Waals surface area contributed by atoms with Gasteiger partial charge in [0.05, 0.1) is 26.6 Å². The van der Waals surface area contributed by atoms with Gasteiger partial charge in [-0.3, -0.25) is 9.79 Å². The minimum absolute atomic E-state index is 0.128. The number of carbonyl (C=O) groups excluding carboxylic acids is 2. The molecule has 216 valence electrons. The van der Waals surface area contributed by atoms with Crippen molar-refractivity contribution in [3.05, 3.63) is 35.6 Å². The molecule has 3 unspecified atom stereocenters. The largest absolute Gasteiger partial charge is 0.469 e. The highest BCUT2D eigenvalue weighted by molar-refractivity contribution is 5.87. The zero-order valence-electron chi connectivity index (χ0n) is 24.1. The van der Waals surface area contributed by atoms with Gasteiger partial charge in [-0.05, 0) is 82.2 Å². The van der Waals surface area contributed by atoms with Gasteiger partial charge in [-0.25, -0.2) is 9.18 Å². The highest BCUT2D eigenvalue weighted by atomic mass is 19.1. The monoisotopic (exact) mass is 543 g/mol. The van der Waals surface area contributed by atoms with E-state index < -0.39 is 5.54 Å². The molecule has 3 aliphatic rings. The van der Waals surface area contributed by atoms with Crippen LogP contribution in [0.25, 0.3) is 0 Å². The molecule has 39 heavy (non-hydrogen) atoms. The van der Waals surface area contributed by atoms with E-state index in [0.717, 1.165) is 50.5 Å². The molecule has 2 aliphatic carbocycles. The summed E-state index contributed by atoms with van der Waals surface area (Å²) in [5.41, 5.74) is -0.0611. The van der Waals surface area contributed by atoms with Gasteiger partial charge in [0.25, 0.3) is 0 Å². The lowest BCUT2D eigenvalue weighted by molar-refractivity contribution is -0.150. The van der Waals surface area contributed by atoms with E-state index in [9.17, 15) is 14.0 Å². The Balaban J connectivity index is 1.52. The third-order valence-electron chi connectivity index (χ3n) is 9.45. The number of hydrogen-bond acceptors (Lipinski definition) is 7. The minimum Gasteiger partial charge on any atom is -0.469 e. The molecule has 0 radical (unpaired) electrons. The van der Waals surface area contributed by atoms with E-state index in [-0.39, 0.29) is 42.7 Å². The third kappa shape index (κ3) is 6.64. The van der Waals surface area contributed by atoms with Crippen LogP contribution >= 0.6 is 0 Å². The first-order valence-corrected chi connectivity index (χ1v) is 14.7. The summed E-state index contributed by atoms with van der Waals surface area (Å²) in [6.45, 7) is 0. The Morgan fingerprint density at radius 1 is 1.08 bits per heavy atom. The summed E-state index contributed by atoms with van der Waals surface area (Å²) in [6, 6.07) is 7.40. The number of esters is 2. The van der Waals surface area contributed by atoms with Gasteiger partial charge in [0, 0.05) is 18.5 Å². The average molecular weight is 544 g/mol. The van der Waals surface area contributed by atoms with Crippen molar-refractivity contribution in [2.75, 3.05) is 28.3 Å². The Labute approximate surface area is 233 Å². The molecule has 0 saturated heterocycles. The molecule has 2 saturated carbocycles. The second-order valence-corrected chi connectivity index (χ2v) is 12.0. The highest BCUT2D eigenvalue weighted by Crippen LogP contribution is 2.45. The lowest BCUT2D eigenvalue weighted by atomic mass is 9.72. The van der Waals surface area contributed by atoms with Crippen molar-refractivity contribution < 1.29 is 23.5 Å². The van der Waals surface area contributed by atoms with E-state index in [0.29, 0.717) is 17.9 Å². The van der Waals surface area contributed by atoms with Gasteiger partial charge in [0.1, 0.15) is 5.82 Å². The number of benzene rings is 1. The van der Waals surface area contributed by atoms with Crippen LogP contribution in [0.2, 0.25) is 0 Å². The van der Waals surface area contributed by atoms with Crippen LogP contribution in [0.4, 0.5) is 4.39 Å². The first kappa shape index (κ1) is 29.5. The SMILES string of the molecule is COC(=O)CCC1(C(=O)OC)N=CN(C2CCCCC2)C1CC1CCC(C(c2cccc(F)c2)N(C)C)CC1. The van der Waals surface area contributed by atoms with Crippen LogP contribution in [0.3, 0.4) is 0 Å². The summed E-state index contributed by atoms with van der Waals surface area (Å²) in [7, 11) is 6.94. The molecule has 0 N–H and O–H groups in total. The first-order chi connectivity index (χ1) is 18.8. The molecule has 8 heteroatoms. The fourth-order valence-corrected chi connectivity index (χ4v) is 7.46. The molecule has 1 aromatic carbocycles. The number of ether oxygens (including phenoxy) is 2. The van der Waals surface area contributed by atoms with Gasteiger partial charge in [-0.1, -0.05) is 44.2 Å². The van der Waals surface area contributed by atoms with Crippen LogP contribution in [-0.4, -0.2) is 74.0 Å². The van der Waals surface area contributed by atoms with Gasteiger partial charge >= 0.3 is 11.9 Å². The molecule has 7 nitrogen and oxygen atoms in total. The van der Waals surface area contributed by atoms with Crippen molar-refractivity contribution in [2.24, 2.45) is 16.8 Å². The van der Waals surface area contributed by atoms with Gasteiger partial charge in [0.2, 0.25) is 0 Å². The molecule has 1 heterocycles. The summed E-state index contributed by atoms with van der Waals surface area (Å²) in [4.78, 5) is 34.9. The molecular formula is C31H46FN3O4. The van der Waals surface area contributed by atoms with Crippen LogP contribution in [0.1, 0.15) is 88.7 Å². The van der Waals surface area contributed by atoms with Crippen molar-refractivity contribution in [3.8, 4) is 0 Å². The Hall–Kier alpha value is -2.48. The summed E-state index contributed by atoms with van der Waals surface area (Å²) < 4.78 is 24.3. The van der Waals surface area contributed by atoms with Crippen molar-refractivity contribution in [3.63, 3.8) is 0 Å². The normalized spacial score (nSPS) is 28.5. The molecule has 3 atom stereocenters. The molecule has 0 aromatic heterocycles. The van der Waals surface area contributed by atoms with E-state index in [1.165, 1.54) is 39.5 Å². The van der Waals surface area contributed by atoms with Gasteiger partial charge in [-0.2, -0.15) is 0 Å². The first-order valence-electron chi connectivity index (χ1n) is 14.7. The maximum absolute atomic E-state index is 14.0. The molecule has 1 aliphatic heterocycles. The number of nitrogens with zero attached hydrogens (tertiary/aromatic N) is 3. The number of carbonyl (C=O) groups is 2. The fourth-order valence-electron chi connectivity index (χ4n) is 7.46. The third-order valence-corrected chi connectivity index (χ3v) is 9.45. The van der Waals surface area contributed by atoms with Crippen LogP contribution < -0.4 is 0 Å². The lowest BCUT2D eigenvalue weighted by Crippen LogP contribution is -2.55. The quantitative estimate of drug-likeness (QED) is 0.361. The maximum Gasteiger partial charge on any atom is 0.335 e. The number of aliphatic imine (C=N–C) groups is 1. The van der Waals surface area contributed by atoms with E-state index in [1.807, 2.05) is 12.4 Å². The van der Waals surface area contributed by atoms with E-state index in [2.05, 4.69) is 23.9 Å². The van der Waals surface area contributed by atoms with Gasteiger partial charge in [-0.15, -0.1) is 0 Å². The molecule has 0 bridgehead atoms. The van der Waals surface area contributed by atoms with E-state index >= 15 is 0 Å². The Morgan fingerprint density at radius 2 is 1.79 bits per heavy atom. The number of methoxy groups -OCH3 is 2. The van der Waals surface area contributed by atoms with Crippen molar-refractivity contribution >= 4 is 18.3 Å². The molecule has 0 spiro atoms. The van der Waals surface area contributed by atoms with E-state index in [4.69, 9.17) is 14.5 Å². The highest BCUT2D eigenvalue weighted by Gasteiger charge is 2.54.